The van der Waals surface area contributed by atoms with E-state index in [0.29, 0.717) is 30.5 Å². The third-order valence-electron chi connectivity index (χ3n) is 3.25. The summed E-state index contributed by atoms with van der Waals surface area (Å²) >= 11 is 6.29. The predicted molar refractivity (Wildman–Crippen MR) is 88.6 cm³/mol. The first-order valence-corrected chi connectivity index (χ1v) is 7.55. The molecule has 0 fully saturated rings. The van der Waals surface area contributed by atoms with Crippen LogP contribution in [0, 0.1) is 0 Å². The van der Waals surface area contributed by atoms with Crippen LogP contribution in [-0.2, 0) is 6.61 Å². The van der Waals surface area contributed by atoms with E-state index in [2.05, 4.69) is 0 Å². The summed E-state index contributed by atoms with van der Waals surface area (Å²) < 4.78 is 5.73. The van der Waals surface area contributed by atoms with Crippen LogP contribution in [0.1, 0.15) is 5.56 Å². The molecule has 2 aromatic carbocycles. The Morgan fingerprint density at radius 3 is 2.23 bits per heavy atom. The van der Waals surface area contributed by atoms with Crippen LogP contribution in [0.2, 0.25) is 5.02 Å². The number of aliphatic hydroxyl groups is 2. The van der Waals surface area contributed by atoms with Crippen molar-refractivity contribution < 1.29 is 14.9 Å². The summed E-state index contributed by atoms with van der Waals surface area (Å²) in [5, 5.41) is 18.7. The van der Waals surface area contributed by atoms with E-state index >= 15 is 0 Å². The van der Waals surface area contributed by atoms with Gasteiger partial charge in [0, 0.05) is 19.2 Å². The second-order valence-electron chi connectivity index (χ2n) is 4.82. The molecular formula is C17H20ClNO3. The van der Waals surface area contributed by atoms with Gasteiger partial charge in [0.05, 0.1) is 23.9 Å². The lowest BCUT2D eigenvalue weighted by atomic mass is 10.2. The molecule has 0 radical (unpaired) electrons. The summed E-state index contributed by atoms with van der Waals surface area (Å²) in [6.07, 6.45) is 0. The van der Waals surface area contributed by atoms with Crippen LogP contribution in [0.4, 0.5) is 5.69 Å². The van der Waals surface area contributed by atoms with Gasteiger partial charge in [0.2, 0.25) is 0 Å². The summed E-state index contributed by atoms with van der Waals surface area (Å²) in [7, 11) is 0. The Bertz CT molecular complexity index is 571. The minimum Gasteiger partial charge on any atom is -0.489 e. The van der Waals surface area contributed by atoms with Gasteiger partial charge < -0.3 is 19.8 Å². The monoisotopic (exact) mass is 321 g/mol. The van der Waals surface area contributed by atoms with E-state index in [1.807, 2.05) is 47.4 Å². The molecule has 0 unspecified atom stereocenters. The fourth-order valence-electron chi connectivity index (χ4n) is 2.17. The van der Waals surface area contributed by atoms with E-state index in [0.717, 1.165) is 11.3 Å². The van der Waals surface area contributed by atoms with Crippen LogP contribution in [0.15, 0.2) is 48.5 Å². The average Bonchev–Trinajstić information content (AvgIpc) is 2.54. The van der Waals surface area contributed by atoms with Crippen molar-refractivity contribution in [3.05, 3.63) is 59.1 Å². The third-order valence-corrected chi connectivity index (χ3v) is 3.55. The van der Waals surface area contributed by atoms with Crippen molar-refractivity contribution in [2.24, 2.45) is 0 Å². The van der Waals surface area contributed by atoms with Gasteiger partial charge in [-0.15, -0.1) is 0 Å². The SMILES string of the molecule is OCCN(CCO)c1ccc(OCc2ccccc2)cc1Cl. The van der Waals surface area contributed by atoms with Crippen LogP contribution in [-0.4, -0.2) is 36.5 Å². The molecule has 118 valence electrons. The van der Waals surface area contributed by atoms with E-state index < -0.39 is 0 Å². The number of aliphatic hydroxyl groups excluding tert-OH is 2. The summed E-state index contributed by atoms with van der Waals surface area (Å²) in [5.41, 5.74) is 1.86. The number of rotatable bonds is 8. The number of hydrogen-bond donors (Lipinski definition) is 2. The molecule has 0 aromatic heterocycles. The van der Waals surface area contributed by atoms with Gasteiger partial charge in [-0.3, -0.25) is 0 Å². The van der Waals surface area contributed by atoms with Gasteiger partial charge in [-0.05, 0) is 17.7 Å². The van der Waals surface area contributed by atoms with E-state index in [1.165, 1.54) is 0 Å². The van der Waals surface area contributed by atoms with Crippen LogP contribution >= 0.6 is 11.6 Å². The van der Waals surface area contributed by atoms with Crippen LogP contribution < -0.4 is 9.64 Å². The molecular weight excluding hydrogens is 302 g/mol. The largest absolute Gasteiger partial charge is 0.489 e. The van der Waals surface area contributed by atoms with Crippen LogP contribution in [0.3, 0.4) is 0 Å². The van der Waals surface area contributed by atoms with Crippen molar-refractivity contribution in [2.45, 2.75) is 6.61 Å². The Kier molecular flexibility index (Phi) is 6.52. The number of benzene rings is 2. The maximum Gasteiger partial charge on any atom is 0.121 e. The lowest BCUT2D eigenvalue weighted by Crippen LogP contribution is -2.29. The van der Waals surface area contributed by atoms with Crippen molar-refractivity contribution >= 4 is 17.3 Å². The molecule has 4 nitrogen and oxygen atoms in total. The molecule has 5 heteroatoms. The highest BCUT2D eigenvalue weighted by atomic mass is 35.5. The Balaban J connectivity index is 2.05. The standard InChI is InChI=1S/C17H20ClNO3/c18-16-12-15(22-13-14-4-2-1-3-5-14)6-7-17(16)19(8-10-20)9-11-21/h1-7,12,20-21H,8-11,13H2. The van der Waals surface area contributed by atoms with E-state index in [9.17, 15) is 0 Å². The first-order chi connectivity index (χ1) is 10.7. The van der Waals surface area contributed by atoms with E-state index in [4.69, 9.17) is 26.6 Å². The van der Waals surface area contributed by atoms with Gasteiger partial charge in [0.1, 0.15) is 12.4 Å². The van der Waals surface area contributed by atoms with Crippen molar-refractivity contribution in [1.29, 1.82) is 0 Å². The highest BCUT2D eigenvalue weighted by molar-refractivity contribution is 6.33. The second kappa shape index (κ2) is 8.63. The van der Waals surface area contributed by atoms with Crippen molar-refractivity contribution in [1.82, 2.24) is 0 Å². The predicted octanol–water partition coefficient (Wildman–Crippen LogP) is 2.71. The number of hydrogen-bond acceptors (Lipinski definition) is 4. The summed E-state index contributed by atoms with van der Waals surface area (Å²) in [6.45, 7) is 1.33. The molecule has 2 aromatic rings. The average molecular weight is 322 g/mol. The van der Waals surface area contributed by atoms with Crippen LogP contribution in [0.25, 0.3) is 0 Å². The summed E-state index contributed by atoms with van der Waals surface area (Å²) in [4.78, 5) is 1.84. The minimum absolute atomic E-state index is 0.00257. The number of anilines is 1. The molecule has 0 spiro atoms. The Hall–Kier alpha value is -1.75. The molecule has 0 heterocycles. The zero-order valence-corrected chi connectivity index (χ0v) is 13.0. The van der Waals surface area contributed by atoms with Gasteiger partial charge >= 0.3 is 0 Å². The Labute approximate surface area is 135 Å². The molecule has 0 bridgehead atoms. The zero-order valence-electron chi connectivity index (χ0n) is 12.3. The third kappa shape index (κ3) is 4.63. The first-order valence-electron chi connectivity index (χ1n) is 7.17. The van der Waals surface area contributed by atoms with Crippen molar-refractivity contribution in [3.8, 4) is 5.75 Å². The smallest absolute Gasteiger partial charge is 0.121 e. The van der Waals surface area contributed by atoms with Gasteiger partial charge in [-0.25, -0.2) is 0 Å². The molecule has 0 aliphatic carbocycles. The quantitative estimate of drug-likeness (QED) is 0.785. The highest BCUT2D eigenvalue weighted by Crippen LogP contribution is 2.30. The second-order valence-corrected chi connectivity index (χ2v) is 5.23. The fraction of sp³-hybridized carbons (Fsp3) is 0.294. The molecule has 0 aliphatic rings. The topological polar surface area (TPSA) is 52.9 Å². The van der Waals surface area contributed by atoms with Gasteiger partial charge in [0.25, 0.3) is 0 Å². The van der Waals surface area contributed by atoms with E-state index in [-0.39, 0.29) is 13.2 Å². The Morgan fingerprint density at radius 1 is 0.955 bits per heavy atom. The first kappa shape index (κ1) is 16.6. The number of halogens is 1. The summed E-state index contributed by atoms with van der Waals surface area (Å²) in [6, 6.07) is 15.3. The summed E-state index contributed by atoms with van der Waals surface area (Å²) in [5.74, 6) is 0.686. The molecule has 0 saturated carbocycles. The van der Waals surface area contributed by atoms with Crippen molar-refractivity contribution in [2.75, 3.05) is 31.2 Å². The molecule has 0 saturated heterocycles. The minimum atomic E-state index is 0.00257. The maximum absolute atomic E-state index is 9.09. The molecule has 2 rings (SSSR count). The number of nitrogens with zero attached hydrogens (tertiary/aromatic N) is 1. The molecule has 0 atom stereocenters. The molecule has 2 N–H and O–H groups in total. The van der Waals surface area contributed by atoms with Crippen molar-refractivity contribution in [3.63, 3.8) is 0 Å². The van der Waals surface area contributed by atoms with Crippen LogP contribution in [0.5, 0.6) is 5.75 Å². The lowest BCUT2D eigenvalue weighted by molar-refractivity contribution is 0.281. The zero-order chi connectivity index (χ0) is 15.8. The fourth-order valence-corrected chi connectivity index (χ4v) is 2.46. The molecule has 22 heavy (non-hydrogen) atoms. The van der Waals surface area contributed by atoms with Gasteiger partial charge in [0.15, 0.2) is 0 Å². The molecule has 0 amide bonds. The maximum atomic E-state index is 9.09. The van der Waals surface area contributed by atoms with Gasteiger partial charge in [-0.1, -0.05) is 41.9 Å². The van der Waals surface area contributed by atoms with Gasteiger partial charge in [-0.2, -0.15) is 0 Å². The lowest BCUT2D eigenvalue weighted by Gasteiger charge is -2.24. The normalized spacial score (nSPS) is 10.5. The van der Waals surface area contributed by atoms with E-state index in [1.54, 1.807) is 6.07 Å². The highest BCUT2D eigenvalue weighted by Gasteiger charge is 2.10. The molecule has 0 aliphatic heterocycles. The Morgan fingerprint density at radius 2 is 1.64 bits per heavy atom. The number of ether oxygens (including phenoxy) is 1.